The Morgan fingerprint density at radius 2 is 1.90 bits per heavy atom. The average Bonchev–Trinajstić information content (AvgIpc) is 2.74. The van der Waals surface area contributed by atoms with Crippen LogP contribution in [-0.2, 0) is 0 Å². The van der Waals surface area contributed by atoms with Gasteiger partial charge in [-0.2, -0.15) is 0 Å². The van der Waals surface area contributed by atoms with E-state index in [1.165, 1.54) is 12.8 Å². The molecule has 1 N–H and O–H groups in total. The number of nitrogens with zero attached hydrogens (tertiary/aromatic N) is 2. The van der Waals surface area contributed by atoms with Gasteiger partial charge in [-0.1, -0.05) is 19.1 Å². The second-order valence-corrected chi connectivity index (χ2v) is 7.85. The Morgan fingerprint density at radius 3 is 2.66 bits per heavy atom. The monoisotopic (exact) mass is 389 g/mol. The number of carbonyl (C=O) groups excluding carboxylic acids is 1. The Kier molecular flexibility index (Phi) is 5.38. The fourth-order valence-corrected chi connectivity index (χ4v) is 3.88. The molecular formula is C24H27N3O2. The minimum absolute atomic E-state index is 0.188. The van der Waals surface area contributed by atoms with Crippen molar-refractivity contribution in [1.29, 1.82) is 0 Å². The summed E-state index contributed by atoms with van der Waals surface area (Å²) in [6, 6.07) is 15.3. The lowest BCUT2D eigenvalue weighted by atomic mass is 9.99. The van der Waals surface area contributed by atoms with Gasteiger partial charge in [0.25, 0.3) is 5.91 Å². The largest absolute Gasteiger partial charge is 0.496 e. The summed E-state index contributed by atoms with van der Waals surface area (Å²) in [4.78, 5) is 20.0. The first-order valence-electron chi connectivity index (χ1n) is 10.2. The van der Waals surface area contributed by atoms with Gasteiger partial charge in [0.15, 0.2) is 0 Å². The van der Waals surface area contributed by atoms with Crippen molar-refractivity contribution < 1.29 is 9.53 Å². The lowest BCUT2D eigenvalue weighted by Gasteiger charge is -2.31. The Labute approximate surface area is 171 Å². The van der Waals surface area contributed by atoms with E-state index in [9.17, 15) is 4.79 Å². The Hall–Kier alpha value is -3.08. The van der Waals surface area contributed by atoms with Gasteiger partial charge in [0.1, 0.15) is 11.6 Å². The van der Waals surface area contributed by atoms with E-state index < -0.39 is 0 Å². The van der Waals surface area contributed by atoms with Crippen molar-refractivity contribution in [1.82, 2.24) is 4.98 Å². The highest BCUT2D eigenvalue weighted by Crippen LogP contribution is 2.28. The number of aromatic nitrogens is 1. The van der Waals surface area contributed by atoms with Crippen LogP contribution in [0.25, 0.3) is 10.9 Å². The van der Waals surface area contributed by atoms with Crippen molar-refractivity contribution in [3.8, 4) is 5.75 Å². The first-order valence-corrected chi connectivity index (χ1v) is 10.2. The number of carbonyl (C=O) groups is 1. The quantitative estimate of drug-likeness (QED) is 0.679. The van der Waals surface area contributed by atoms with Gasteiger partial charge >= 0.3 is 0 Å². The standard InChI is InChI=1S/C24H27N3O2/c1-16-10-12-27(13-11-16)23-14-17(2)20-15-18(8-9-21(20)26-23)25-24(28)19-6-4-5-7-22(19)29-3/h4-9,14-16H,10-13H2,1-3H3,(H,25,28). The van der Waals surface area contributed by atoms with Gasteiger partial charge in [0.2, 0.25) is 0 Å². The van der Waals surface area contributed by atoms with E-state index >= 15 is 0 Å². The molecule has 29 heavy (non-hydrogen) atoms. The van der Waals surface area contributed by atoms with Gasteiger partial charge in [-0.15, -0.1) is 0 Å². The molecule has 1 fully saturated rings. The maximum Gasteiger partial charge on any atom is 0.259 e. The van der Waals surface area contributed by atoms with E-state index in [0.717, 1.165) is 47.0 Å². The molecule has 0 saturated carbocycles. The number of nitrogens with one attached hydrogen (secondary N) is 1. The molecule has 1 aliphatic rings. The number of fused-ring (bicyclic) bond motifs is 1. The van der Waals surface area contributed by atoms with Gasteiger partial charge in [0, 0.05) is 24.2 Å². The number of amides is 1. The number of methoxy groups -OCH3 is 1. The van der Waals surface area contributed by atoms with Crippen molar-refractivity contribution in [2.24, 2.45) is 5.92 Å². The summed E-state index contributed by atoms with van der Waals surface area (Å²) in [6.07, 6.45) is 2.43. The second-order valence-electron chi connectivity index (χ2n) is 7.85. The zero-order chi connectivity index (χ0) is 20.4. The lowest BCUT2D eigenvalue weighted by molar-refractivity contribution is 0.102. The molecular weight excluding hydrogens is 362 g/mol. The fraction of sp³-hybridized carbons (Fsp3) is 0.333. The molecule has 0 spiro atoms. The first kappa shape index (κ1) is 19.2. The molecule has 0 radical (unpaired) electrons. The molecule has 3 aromatic rings. The van der Waals surface area contributed by atoms with Crippen LogP contribution >= 0.6 is 0 Å². The highest BCUT2D eigenvalue weighted by Gasteiger charge is 2.18. The number of benzene rings is 2. The third kappa shape index (κ3) is 4.04. The van der Waals surface area contributed by atoms with Gasteiger partial charge in [-0.3, -0.25) is 4.79 Å². The van der Waals surface area contributed by atoms with Crippen LogP contribution in [0.4, 0.5) is 11.5 Å². The Morgan fingerprint density at radius 1 is 1.14 bits per heavy atom. The molecule has 4 rings (SSSR count). The molecule has 0 atom stereocenters. The number of pyridine rings is 1. The molecule has 0 aliphatic carbocycles. The van der Waals surface area contributed by atoms with E-state index in [4.69, 9.17) is 9.72 Å². The summed E-state index contributed by atoms with van der Waals surface area (Å²) in [5.74, 6) is 2.21. The van der Waals surface area contributed by atoms with Gasteiger partial charge in [0.05, 0.1) is 18.2 Å². The molecule has 2 aromatic carbocycles. The number of ether oxygens (including phenoxy) is 1. The van der Waals surface area contributed by atoms with Crippen LogP contribution in [0.5, 0.6) is 5.75 Å². The minimum atomic E-state index is -0.188. The van der Waals surface area contributed by atoms with Crippen LogP contribution in [0.1, 0.15) is 35.7 Å². The van der Waals surface area contributed by atoms with E-state index in [-0.39, 0.29) is 5.91 Å². The van der Waals surface area contributed by atoms with E-state index in [2.05, 4.69) is 30.1 Å². The first-order chi connectivity index (χ1) is 14.0. The summed E-state index contributed by atoms with van der Waals surface area (Å²) in [6.45, 7) is 6.54. The molecule has 5 nitrogen and oxygen atoms in total. The van der Waals surface area contributed by atoms with Gasteiger partial charge < -0.3 is 15.0 Å². The number of hydrogen-bond acceptors (Lipinski definition) is 4. The normalized spacial score (nSPS) is 14.8. The minimum Gasteiger partial charge on any atom is -0.496 e. The predicted octanol–water partition coefficient (Wildman–Crippen LogP) is 5.04. The highest BCUT2D eigenvalue weighted by molar-refractivity contribution is 6.07. The average molecular weight is 389 g/mol. The zero-order valence-corrected chi connectivity index (χ0v) is 17.2. The Bertz CT molecular complexity index is 1040. The molecule has 1 amide bonds. The highest BCUT2D eigenvalue weighted by atomic mass is 16.5. The molecule has 2 heterocycles. The topological polar surface area (TPSA) is 54.5 Å². The summed E-state index contributed by atoms with van der Waals surface area (Å²) in [5, 5.41) is 4.03. The summed E-state index contributed by atoms with van der Waals surface area (Å²) >= 11 is 0. The molecule has 0 bridgehead atoms. The van der Waals surface area contributed by atoms with E-state index in [0.29, 0.717) is 11.3 Å². The van der Waals surface area contributed by atoms with Crippen molar-refractivity contribution in [2.45, 2.75) is 26.7 Å². The molecule has 1 aromatic heterocycles. The summed E-state index contributed by atoms with van der Waals surface area (Å²) in [5.41, 5.74) is 3.38. The third-order valence-corrected chi connectivity index (χ3v) is 5.72. The third-order valence-electron chi connectivity index (χ3n) is 5.72. The van der Waals surface area contributed by atoms with Crippen molar-refractivity contribution in [3.05, 3.63) is 59.7 Å². The predicted molar refractivity (Wildman–Crippen MR) is 118 cm³/mol. The fourth-order valence-electron chi connectivity index (χ4n) is 3.88. The SMILES string of the molecule is COc1ccccc1C(=O)Nc1ccc2nc(N3CCC(C)CC3)cc(C)c2c1. The van der Waals surface area contributed by atoms with Crippen LogP contribution in [-0.4, -0.2) is 31.1 Å². The molecule has 1 saturated heterocycles. The van der Waals surface area contributed by atoms with Crippen LogP contribution in [0.3, 0.4) is 0 Å². The van der Waals surface area contributed by atoms with E-state index in [1.807, 2.05) is 30.3 Å². The maximum atomic E-state index is 12.7. The van der Waals surface area contributed by atoms with Crippen LogP contribution in [0.15, 0.2) is 48.5 Å². The molecule has 0 unspecified atom stereocenters. The number of rotatable bonds is 4. The van der Waals surface area contributed by atoms with Crippen molar-refractivity contribution in [3.63, 3.8) is 0 Å². The maximum absolute atomic E-state index is 12.7. The smallest absolute Gasteiger partial charge is 0.259 e. The number of para-hydroxylation sites is 1. The van der Waals surface area contributed by atoms with E-state index in [1.54, 1.807) is 19.2 Å². The van der Waals surface area contributed by atoms with Crippen molar-refractivity contribution in [2.75, 3.05) is 30.4 Å². The van der Waals surface area contributed by atoms with Gasteiger partial charge in [-0.05, 0) is 67.6 Å². The van der Waals surface area contributed by atoms with Crippen LogP contribution < -0.4 is 15.0 Å². The number of anilines is 2. The zero-order valence-electron chi connectivity index (χ0n) is 17.2. The number of aryl methyl sites for hydroxylation is 1. The molecule has 150 valence electrons. The number of hydrogen-bond donors (Lipinski definition) is 1. The Balaban J connectivity index is 1.59. The van der Waals surface area contributed by atoms with Crippen molar-refractivity contribution >= 4 is 28.3 Å². The summed E-state index contributed by atoms with van der Waals surface area (Å²) in [7, 11) is 1.57. The lowest BCUT2D eigenvalue weighted by Crippen LogP contribution is -2.33. The van der Waals surface area contributed by atoms with Gasteiger partial charge in [-0.25, -0.2) is 4.98 Å². The van der Waals surface area contributed by atoms with Crippen LogP contribution in [0, 0.1) is 12.8 Å². The molecule has 1 aliphatic heterocycles. The second kappa shape index (κ2) is 8.11. The summed E-state index contributed by atoms with van der Waals surface area (Å²) < 4.78 is 5.30. The molecule has 5 heteroatoms. The number of piperidine rings is 1. The van der Waals surface area contributed by atoms with Crippen LogP contribution in [0.2, 0.25) is 0 Å².